The van der Waals surface area contributed by atoms with Crippen molar-refractivity contribution in [1.82, 2.24) is 24.9 Å². The highest BCUT2D eigenvalue weighted by Gasteiger charge is 2.33. The first-order valence-electron chi connectivity index (χ1n) is 11.7. The molecule has 0 spiro atoms. The van der Waals surface area contributed by atoms with Crippen molar-refractivity contribution in [3.05, 3.63) is 72.2 Å². The highest BCUT2D eigenvalue weighted by atomic mass is 16.5. The van der Waals surface area contributed by atoms with Gasteiger partial charge >= 0.3 is 0 Å². The van der Waals surface area contributed by atoms with Crippen LogP contribution in [0.25, 0.3) is 16.8 Å². The molecule has 9 nitrogen and oxygen atoms in total. The summed E-state index contributed by atoms with van der Waals surface area (Å²) in [5.41, 5.74) is 9.73. The highest BCUT2D eigenvalue weighted by Crippen LogP contribution is 2.37. The Bertz CT molecular complexity index is 1340. The van der Waals surface area contributed by atoms with E-state index >= 15 is 0 Å². The molecular weight excluding hydrogens is 444 g/mol. The fourth-order valence-electron chi connectivity index (χ4n) is 5.06. The van der Waals surface area contributed by atoms with Crippen molar-refractivity contribution in [2.75, 3.05) is 19.5 Å². The Labute approximate surface area is 203 Å². The predicted octanol–water partition coefficient (Wildman–Crippen LogP) is 3.06. The summed E-state index contributed by atoms with van der Waals surface area (Å²) >= 11 is 0. The van der Waals surface area contributed by atoms with E-state index in [2.05, 4.69) is 32.5 Å². The zero-order chi connectivity index (χ0) is 24.4. The first kappa shape index (κ1) is 22.8. The number of pyridine rings is 1. The van der Waals surface area contributed by atoms with Crippen LogP contribution >= 0.6 is 0 Å². The number of rotatable bonds is 6. The fraction of sp³-hybridized carbons (Fsp3) is 0.308. The number of methoxy groups -OCH3 is 1. The second kappa shape index (κ2) is 9.71. The molecule has 4 N–H and O–H groups in total. The van der Waals surface area contributed by atoms with Gasteiger partial charge in [0.1, 0.15) is 11.8 Å². The largest absolute Gasteiger partial charge is 0.481 e. The molecule has 1 aromatic carbocycles. The molecule has 4 aromatic rings. The molecule has 0 aliphatic heterocycles. The van der Waals surface area contributed by atoms with E-state index in [-0.39, 0.29) is 30.3 Å². The van der Waals surface area contributed by atoms with Crippen LogP contribution in [0.3, 0.4) is 0 Å². The van der Waals surface area contributed by atoms with Crippen molar-refractivity contribution in [1.29, 1.82) is 0 Å². The van der Waals surface area contributed by atoms with E-state index in [1.165, 1.54) is 11.9 Å². The summed E-state index contributed by atoms with van der Waals surface area (Å²) in [7, 11) is 1.55. The number of amides is 1. The molecular formula is C26H28N6O3. The highest BCUT2D eigenvalue weighted by molar-refractivity contribution is 6.05. The summed E-state index contributed by atoms with van der Waals surface area (Å²) in [6, 6.07) is 15.5. The maximum atomic E-state index is 13.5. The molecule has 180 valence electrons. The molecule has 0 unspecified atom stereocenters. The van der Waals surface area contributed by atoms with Crippen LogP contribution in [0.4, 0.5) is 5.82 Å². The first-order valence-corrected chi connectivity index (χ1v) is 11.7. The number of anilines is 1. The van der Waals surface area contributed by atoms with Gasteiger partial charge in [-0.15, -0.1) is 0 Å². The molecule has 3 atom stereocenters. The predicted molar refractivity (Wildman–Crippen MR) is 132 cm³/mol. The summed E-state index contributed by atoms with van der Waals surface area (Å²) in [5, 5.41) is 17.6. The van der Waals surface area contributed by atoms with Crippen LogP contribution in [0.2, 0.25) is 0 Å². The summed E-state index contributed by atoms with van der Waals surface area (Å²) in [5.74, 6) is 0.728. The van der Waals surface area contributed by atoms with Gasteiger partial charge in [0.05, 0.1) is 18.4 Å². The number of nitrogens with zero attached hydrogens (tertiary/aromatic N) is 4. The number of benzene rings is 1. The first-order chi connectivity index (χ1) is 17.1. The lowest BCUT2D eigenvalue weighted by molar-refractivity contribution is 0.0862. The molecule has 9 heteroatoms. The van der Waals surface area contributed by atoms with Gasteiger partial charge in [-0.2, -0.15) is 5.10 Å². The molecule has 1 aliphatic rings. The summed E-state index contributed by atoms with van der Waals surface area (Å²) < 4.78 is 6.86. The summed E-state index contributed by atoms with van der Waals surface area (Å²) in [4.78, 5) is 21.8. The Hall–Kier alpha value is -3.98. The lowest BCUT2D eigenvalue weighted by Crippen LogP contribution is -2.44. The third-order valence-corrected chi connectivity index (χ3v) is 6.87. The number of nitrogen functional groups attached to an aromatic ring is 1. The van der Waals surface area contributed by atoms with Crippen LogP contribution in [-0.4, -0.2) is 50.4 Å². The van der Waals surface area contributed by atoms with Gasteiger partial charge in [-0.25, -0.2) is 14.5 Å². The van der Waals surface area contributed by atoms with Crippen LogP contribution in [0.1, 0.15) is 41.1 Å². The van der Waals surface area contributed by atoms with Crippen LogP contribution in [0, 0.1) is 5.92 Å². The molecule has 1 amide bonds. The molecule has 0 bridgehead atoms. The smallest absolute Gasteiger partial charge is 0.253 e. The molecule has 0 radical (unpaired) electrons. The Morgan fingerprint density at radius 3 is 2.80 bits per heavy atom. The van der Waals surface area contributed by atoms with Crippen LogP contribution < -0.4 is 15.8 Å². The van der Waals surface area contributed by atoms with E-state index in [4.69, 9.17) is 10.5 Å². The topological polar surface area (TPSA) is 128 Å². The number of ether oxygens (including phenoxy) is 1. The second-order valence-corrected chi connectivity index (χ2v) is 8.88. The van der Waals surface area contributed by atoms with Gasteiger partial charge in [0.25, 0.3) is 5.91 Å². The lowest BCUT2D eigenvalue weighted by Gasteiger charge is -2.36. The molecule has 1 saturated carbocycles. The number of nitrogens with one attached hydrogen (secondary N) is 1. The maximum Gasteiger partial charge on any atom is 0.253 e. The van der Waals surface area contributed by atoms with Crippen molar-refractivity contribution < 1.29 is 14.6 Å². The number of aliphatic hydroxyl groups excluding tert-OH is 1. The van der Waals surface area contributed by atoms with E-state index < -0.39 is 0 Å². The molecule has 1 aliphatic carbocycles. The maximum absolute atomic E-state index is 13.5. The minimum atomic E-state index is -0.266. The van der Waals surface area contributed by atoms with Crippen LogP contribution in [0.15, 0.2) is 61.1 Å². The normalized spacial score (nSPS) is 20.0. The Balaban J connectivity index is 1.43. The Morgan fingerprint density at radius 2 is 2.03 bits per heavy atom. The SMILES string of the molecule is COc1cc(-c2cc(C(=O)N[C@@H]3CC[C@@H](c4ccccc4)C[C@@H]3CO)c3c(N)ncnn23)ccn1. The third kappa shape index (κ3) is 4.42. The van der Waals surface area contributed by atoms with E-state index in [9.17, 15) is 9.90 Å². The lowest BCUT2D eigenvalue weighted by atomic mass is 9.75. The average Bonchev–Trinajstić information content (AvgIpc) is 3.31. The van der Waals surface area contributed by atoms with Gasteiger partial charge in [-0.3, -0.25) is 4.79 Å². The van der Waals surface area contributed by atoms with Gasteiger partial charge < -0.3 is 20.9 Å². The Kier molecular flexibility index (Phi) is 6.33. The number of carbonyl (C=O) groups is 1. The van der Waals surface area contributed by atoms with Crippen molar-refractivity contribution in [3.8, 4) is 17.1 Å². The van der Waals surface area contributed by atoms with Crippen molar-refractivity contribution >= 4 is 17.2 Å². The molecule has 1 fully saturated rings. The monoisotopic (exact) mass is 472 g/mol. The van der Waals surface area contributed by atoms with E-state index in [1.54, 1.807) is 30.0 Å². The molecule has 5 rings (SSSR count). The number of aromatic nitrogens is 4. The van der Waals surface area contributed by atoms with Gasteiger partial charge in [0, 0.05) is 36.4 Å². The average molecular weight is 473 g/mol. The summed E-state index contributed by atoms with van der Waals surface area (Å²) in [6.07, 6.45) is 5.53. The number of nitrogens with two attached hydrogens (primary N) is 1. The van der Waals surface area contributed by atoms with Gasteiger partial charge in [-0.1, -0.05) is 30.3 Å². The van der Waals surface area contributed by atoms with Gasteiger partial charge in [0.2, 0.25) is 5.88 Å². The van der Waals surface area contributed by atoms with Crippen LogP contribution in [-0.2, 0) is 0 Å². The van der Waals surface area contributed by atoms with E-state index in [0.29, 0.717) is 28.6 Å². The zero-order valence-corrected chi connectivity index (χ0v) is 19.5. The van der Waals surface area contributed by atoms with Crippen molar-refractivity contribution in [2.45, 2.75) is 31.2 Å². The quantitative estimate of drug-likeness (QED) is 0.393. The molecule has 35 heavy (non-hydrogen) atoms. The number of hydrogen-bond acceptors (Lipinski definition) is 7. The van der Waals surface area contributed by atoms with Gasteiger partial charge in [0.15, 0.2) is 5.82 Å². The molecule has 3 heterocycles. The van der Waals surface area contributed by atoms with E-state index in [1.807, 2.05) is 24.3 Å². The van der Waals surface area contributed by atoms with Crippen molar-refractivity contribution in [2.24, 2.45) is 5.92 Å². The van der Waals surface area contributed by atoms with Crippen molar-refractivity contribution in [3.63, 3.8) is 0 Å². The van der Waals surface area contributed by atoms with Gasteiger partial charge in [-0.05, 0) is 42.9 Å². The number of fused-ring (bicyclic) bond motifs is 1. The number of hydrogen-bond donors (Lipinski definition) is 3. The minimum absolute atomic E-state index is 0.0120. The van der Waals surface area contributed by atoms with E-state index in [0.717, 1.165) is 24.8 Å². The van der Waals surface area contributed by atoms with Crippen LogP contribution in [0.5, 0.6) is 5.88 Å². The minimum Gasteiger partial charge on any atom is -0.481 e. The standard InChI is InChI=1S/C26H28N6O3/c1-35-23-12-18(9-10-28-23)22-13-20(24-25(27)29-15-30-32(22)24)26(34)31-21-8-7-17(11-19(21)14-33)16-5-3-2-4-6-16/h2-6,9-10,12-13,15,17,19,21,33H,7-8,11,14H2,1H3,(H,31,34)(H2,27,29,30)/t17-,19-,21-/m1/s1. The Morgan fingerprint density at radius 1 is 1.20 bits per heavy atom. The number of aliphatic hydroxyl groups is 1. The third-order valence-electron chi connectivity index (χ3n) is 6.87. The second-order valence-electron chi connectivity index (χ2n) is 8.88. The molecule has 0 saturated heterocycles. The number of carbonyl (C=O) groups excluding carboxylic acids is 1. The zero-order valence-electron chi connectivity index (χ0n) is 19.5. The molecule has 3 aromatic heterocycles. The fourth-order valence-corrected chi connectivity index (χ4v) is 5.06. The summed E-state index contributed by atoms with van der Waals surface area (Å²) in [6.45, 7) is 0.0120.